The van der Waals surface area contributed by atoms with E-state index in [1.165, 1.54) is 69.9 Å². The summed E-state index contributed by atoms with van der Waals surface area (Å²) < 4.78 is 37.8. The van der Waals surface area contributed by atoms with Crippen LogP contribution in [0.15, 0.2) is 47.4 Å². The SMILES string of the molecule is CCCCCCCCCCCCc1ccccc1Oc1cc(O)cc(S(=O)(=O)O)c1. The number of rotatable bonds is 14. The first-order valence-electron chi connectivity index (χ1n) is 11.0. The molecule has 0 aliphatic carbocycles. The highest BCUT2D eigenvalue weighted by atomic mass is 32.2. The monoisotopic (exact) mass is 434 g/mol. The first-order chi connectivity index (χ1) is 14.4. The molecule has 166 valence electrons. The van der Waals surface area contributed by atoms with Crippen LogP contribution >= 0.6 is 0 Å². The van der Waals surface area contributed by atoms with E-state index < -0.39 is 15.0 Å². The summed E-state index contributed by atoms with van der Waals surface area (Å²) in [5.41, 5.74) is 1.04. The number of ether oxygens (including phenoxy) is 1. The van der Waals surface area contributed by atoms with E-state index in [0.717, 1.165) is 24.5 Å². The maximum absolute atomic E-state index is 11.4. The van der Waals surface area contributed by atoms with Gasteiger partial charge in [-0.3, -0.25) is 4.55 Å². The normalized spacial score (nSPS) is 11.5. The Balaban J connectivity index is 1.83. The van der Waals surface area contributed by atoms with Crippen molar-refractivity contribution in [2.24, 2.45) is 0 Å². The molecular formula is C24H34O5S. The number of hydrogen-bond acceptors (Lipinski definition) is 4. The van der Waals surface area contributed by atoms with Crippen molar-refractivity contribution >= 4 is 10.1 Å². The van der Waals surface area contributed by atoms with Crippen LogP contribution in [-0.2, 0) is 16.5 Å². The highest BCUT2D eigenvalue weighted by Gasteiger charge is 2.14. The third kappa shape index (κ3) is 8.76. The van der Waals surface area contributed by atoms with Crippen LogP contribution in [0.4, 0.5) is 0 Å². The minimum absolute atomic E-state index is 0.165. The van der Waals surface area contributed by atoms with Crippen LogP contribution < -0.4 is 4.74 Å². The smallest absolute Gasteiger partial charge is 0.294 e. The van der Waals surface area contributed by atoms with Crippen molar-refractivity contribution in [1.29, 1.82) is 0 Å². The average molecular weight is 435 g/mol. The molecule has 0 aromatic heterocycles. The van der Waals surface area contributed by atoms with Gasteiger partial charge in [-0.25, -0.2) is 0 Å². The zero-order chi connectivity index (χ0) is 21.8. The molecule has 5 nitrogen and oxygen atoms in total. The summed E-state index contributed by atoms with van der Waals surface area (Å²) in [6.45, 7) is 2.24. The van der Waals surface area contributed by atoms with Crippen molar-refractivity contribution in [2.45, 2.75) is 82.4 Å². The molecule has 2 N–H and O–H groups in total. The maximum Gasteiger partial charge on any atom is 0.294 e. The topological polar surface area (TPSA) is 83.8 Å². The van der Waals surface area contributed by atoms with Gasteiger partial charge in [0, 0.05) is 18.2 Å². The van der Waals surface area contributed by atoms with Crippen LogP contribution in [0, 0.1) is 0 Å². The summed E-state index contributed by atoms with van der Waals surface area (Å²) in [7, 11) is -4.42. The molecule has 0 saturated carbocycles. The van der Waals surface area contributed by atoms with Crippen molar-refractivity contribution < 1.29 is 22.8 Å². The van der Waals surface area contributed by atoms with E-state index in [-0.39, 0.29) is 11.5 Å². The Morgan fingerprint density at radius 1 is 0.833 bits per heavy atom. The van der Waals surface area contributed by atoms with Crippen molar-refractivity contribution in [3.05, 3.63) is 48.0 Å². The van der Waals surface area contributed by atoms with E-state index >= 15 is 0 Å². The summed E-state index contributed by atoms with van der Waals surface area (Å²) in [5.74, 6) is 0.505. The fraction of sp³-hybridized carbons (Fsp3) is 0.500. The lowest BCUT2D eigenvalue weighted by atomic mass is 10.0. The second-order valence-corrected chi connectivity index (χ2v) is 9.20. The Morgan fingerprint density at radius 3 is 2.07 bits per heavy atom. The highest BCUT2D eigenvalue weighted by Crippen LogP contribution is 2.31. The van der Waals surface area contributed by atoms with Gasteiger partial charge < -0.3 is 9.84 Å². The lowest BCUT2D eigenvalue weighted by Gasteiger charge is -2.12. The zero-order valence-corrected chi connectivity index (χ0v) is 18.7. The number of phenols is 1. The molecule has 2 aromatic carbocycles. The Bertz CT molecular complexity index is 877. The zero-order valence-electron chi connectivity index (χ0n) is 17.8. The van der Waals surface area contributed by atoms with Gasteiger partial charge >= 0.3 is 0 Å². The van der Waals surface area contributed by atoms with Crippen molar-refractivity contribution in [1.82, 2.24) is 0 Å². The van der Waals surface area contributed by atoms with Crippen LogP contribution in [-0.4, -0.2) is 18.1 Å². The standard InChI is InChI=1S/C24H34O5S/c1-2-3-4-5-6-7-8-9-10-11-14-20-15-12-13-16-24(20)29-22-17-21(25)18-23(19-22)30(26,27)28/h12-13,15-19,25H,2-11,14H2,1H3,(H,26,27,28). The Labute approximate surface area is 180 Å². The predicted molar refractivity (Wildman–Crippen MR) is 120 cm³/mol. The third-order valence-electron chi connectivity index (χ3n) is 5.16. The molecule has 0 spiro atoms. The van der Waals surface area contributed by atoms with E-state index in [1.54, 1.807) is 0 Å². The number of aryl methyl sites for hydroxylation is 1. The van der Waals surface area contributed by atoms with Gasteiger partial charge in [-0.05, 0) is 24.5 Å². The number of hydrogen-bond donors (Lipinski definition) is 2. The predicted octanol–water partition coefficient (Wildman–Crippen LogP) is 6.89. The van der Waals surface area contributed by atoms with E-state index in [1.807, 2.05) is 24.3 Å². The molecule has 2 rings (SSSR count). The minimum atomic E-state index is -4.42. The van der Waals surface area contributed by atoms with Crippen LogP contribution in [0.1, 0.15) is 76.7 Å². The molecule has 0 fully saturated rings. The molecule has 0 unspecified atom stereocenters. The number of para-hydroxylation sites is 1. The summed E-state index contributed by atoms with van der Waals surface area (Å²) in [5, 5.41) is 9.75. The van der Waals surface area contributed by atoms with Crippen molar-refractivity contribution in [2.75, 3.05) is 0 Å². The molecule has 6 heteroatoms. The molecule has 0 aliphatic rings. The molecule has 2 aromatic rings. The number of aromatic hydroxyl groups is 1. The Kier molecular flexibility index (Phi) is 10.2. The number of benzene rings is 2. The first-order valence-corrected chi connectivity index (χ1v) is 12.4. The summed E-state index contributed by atoms with van der Waals surface area (Å²) >= 11 is 0. The average Bonchev–Trinajstić information content (AvgIpc) is 2.69. The number of unbranched alkanes of at least 4 members (excludes halogenated alkanes) is 9. The largest absolute Gasteiger partial charge is 0.508 e. The second kappa shape index (κ2) is 12.6. The molecule has 0 heterocycles. The molecule has 0 bridgehead atoms. The van der Waals surface area contributed by atoms with Gasteiger partial charge in [-0.1, -0.05) is 82.9 Å². The molecule has 0 amide bonds. The van der Waals surface area contributed by atoms with Crippen LogP contribution in [0.25, 0.3) is 0 Å². The van der Waals surface area contributed by atoms with Crippen LogP contribution in [0.3, 0.4) is 0 Å². The fourth-order valence-electron chi connectivity index (χ4n) is 3.50. The van der Waals surface area contributed by atoms with Gasteiger partial charge in [0.15, 0.2) is 0 Å². The van der Waals surface area contributed by atoms with Gasteiger partial charge in [-0.15, -0.1) is 0 Å². The van der Waals surface area contributed by atoms with Crippen LogP contribution in [0.5, 0.6) is 17.2 Å². The van der Waals surface area contributed by atoms with Crippen molar-refractivity contribution in [3.63, 3.8) is 0 Å². The van der Waals surface area contributed by atoms with Gasteiger partial charge in [-0.2, -0.15) is 8.42 Å². The lowest BCUT2D eigenvalue weighted by Crippen LogP contribution is -1.99. The van der Waals surface area contributed by atoms with Gasteiger partial charge in [0.1, 0.15) is 22.1 Å². The highest BCUT2D eigenvalue weighted by molar-refractivity contribution is 7.85. The molecule has 0 atom stereocenters. The number of phenolic OH excluding ortho intramolecular Hbond substituents is 1. The summed E-state index contributed by atoms with van der Waals surface area (Å²) in [4.78, 5) is -0.398. The summed E-state index contributed by atoms with van der Waals surface area (Å²) in [6, 6.07) is 11.1. The summed E-state index contributed by atoms with van der Waals surface area (Å²) in [6.07, 6.45) is 13.6. The van der Waals surface area contributed by atoms with E-state index in [0.29, 0.717) is 5.75 Å². The molecule has 0 radical (unpaired) electrons. The quantitative estimate of drug-likeness (QED) is 0.250. The maximum atomic E-state index is 11.4. The fourth-order valence-corrected chi connectivity index (χ4v) is 4.04. The van der Waals surface area contributed by atoms with Crippen molar-refractivity contribution in [3.8, 4) is 17.2 Å². The van der Waals surface area contributed by atoms with E-state index in [4.69, 9.17) is 4.74 Å². The van der Waals surface area contributed by atoms with E-state index in [9.17, 15) is 18.1 Å². The minimum Gasteiger partial charge on any atom is -0.508 e. The molecule has 0 saturated heterocycles. The Morgan fingerprint density at radius 2 is 1.43 bits per heavy atom. The third-order valence-corrected chi connectivity index (χ3v) is 5.99. The molecule has 30 heavy (non-hydrogen) atoms. The van der Waals surface area contributed by atoms with E-state index in [2.05, 4.69) is 6.92 Å². The van der Waals surface area contributed by atoms with Gasteiger partial charge in [0.25, 0.3) is 10.1 Å². The van der Waals surface area contributed by atoms with Gasteiger partial charge in [0.2, 0.25) is 0 Å². The molecular weight excluding hydrogens is 400 g/mol. The molecule has 0 aliphatic heterocycles. The Hall–Kier alpha value is -2.05. The van der Waals surface area contributed by atoms with Gasteiger partial charge in [0.05, 0.1) is 0 Å². The lowest BCUT2D eigenvalue weighted by molar-refractivity contribution is 0.444. The second-order valence-electron chi connectivity index (χ2n) is 7.78. The van der Waals surface area contributed by atoms with Crippen LogP contribution in [0.2, 0.25) is 0 Å². The first kappa shape index (κ1) is 24.2.